The summed E-state index contributed by atoms with van der Waals surface area (Å²) in [6.07, 6.45) is 4.38. The molecule has 4 aliphatic rings. The Kier molecular flexibility index (Phi) is 4.22. The number of hydrogen-bond acceptors (Lipinski definition) is 5. The summed E-state index contributed by atoms with van der Waals surface area (Å²) in [7, 11) is 0. The summed E-state index contributed by atoms with van der Waals surface area (Å²) in [5.41, 5.74) is 0.149. The van der Waals surface area contributed by atoms with Crippen molar-refractivity contribution in [3.63, 3.8) is 0 Å². The van der Waals surface area contributed by atoms with Crippen molar-refractivity contribution in [3.05, 3.63) is 11.6 Å². The van der Waals surface area contributed by atoms with E-state index >= 15 is 0 Å². The van der Waals surface area contributed by atoms with Gasteiger partial charge in [-0.05, 0) is 61.3 Å². The third-order valence-corrected chi connectivity index (χ3v) is 8.55. The Morgan fingerprint density at radius 1 is 1.23 bits per heavy atom. The molecule has 4 aliphatic carbocycles. The number of rotatable bonds is 2. The molecule has 5 nitrogen and oxygen atoms in total. The van der Waals surface area contributed by atoms with Crippen LogP contribution in [0.1, 0.15) is 52.4 Å². The van der Waals surface area contributed by atoms with Gasteiger partial charge in [0.25, 0.3) is 0 Å². The predicted molar refractivity (Wildman–Crippen MR) is 95.1 cm³/mol. The van der Waals surface area contributed by atoms with E-state index in [0.717, 1.165) is 31.3 Å². The topological polar surface area (TPSA) is 94.8 Å². The van der Waals surface area contributed by atoms with Crippen LogP contribution in [0.25, 0.3) is 0 Å². The van der Waals surface area contributed by atoms with Crippen LogP contribution in [-0.2, 0) is 9.59 Å². The Labute approximate surface area is 154 Å². The van der Waals surface area contributed by atoms with E-state index in [1.165, 1.54) is 0 Å². The van der Waals surface area contributed by atoms with E-state index in [1.54, 1.807) is 6.08 Å². The lowest BCUT2D eigenvalue weighted by molar-refractivity contribution is -0.162. The van der Waals surface area contributed by atoms with Crippen LogP contribution in [0.15, 0.2) is 11.6 Å². The van der Waals surface area contributed by atoms with E-state index < -0.39 is 24.2 Å². The molecular formula is C21H30O5. The van der Waals surface area contributed by atoms with Crippen LogP contribution in [0.5, 0.6) is 0 Å². The zero-order valence-electron chi connectivity index (χ0n) is 15.6. The maximum absolute atomic E-state index is 12.3. The minimum atomic E-state index is -0.752. The summed E-state index contributed by atoms with van der Waals surface area (Å²) in [6.45, 7) is 3.70. The first-order valence-electron chi connectivity index (χ1n) is 9.97. The van der Waals surface area contributed by atoms with E-state index in [-0.39, 0.29) is 41.2 Å². The standard InChI is InChI=1S/C21H30O5/c1-20-9-16(24)19-13(14(20)5-6-15(20)17(25)10-22)4-3-11-7-12(23)8-18(26)21(11,19)2/h7,13-16,18-19,22,24,26H,3-6,8-10H2,1-2H3/t13-,14-,15+,16?,18?,19+,20-,21+/m0/s1. The Bertz CT molecular complexity index is 669. The van der Waals surface area contributed by atoms with Gasteiger partial charge in [-0.1, -0.05) is 19.4 Å². The van der Waals surface area contributed by atoms with Crippen molar-refractivity contribution in [3.8, 4) is 0 Å². The number of aliphatic hydroxyl groups is 3. The molecule has 0 aromatic carbocycles. The van der Waals surface area contributed by atoms with Crippen LogP contribution in [0.3, 0.4) is 0 Å². The highest BCUT2D eigenvalue weighted by molar-refractivity contribution is 5.92. The molecule has 0 aromatic rings. The highest BCUT2D eigenvalue weighted by Gasteiger charge is 2.64. The molecule has 0 saturated heterocycles. The van der Waals surface area contributed by atoms with Gasteiger partial charge in [0.15, 0.2) is 11.6 Å². The van der Waals surface area contributed by atoms with E-state index in [1.807, 2.05) is 6.92 Å². The molecule has 3 N–H and O–H groups in total. The molecule has 0 bridgehead atoms. The number of ketones is 2. The van der Waals surface area contributed by atoms with Gasteiger partial charge in [0, 0.05) is 17.8 Å². The maximum atomic E-state index is 12.3. The molecule has 0 aliphatic heterocycles. The van der Waals surface area contributed by atoms with Crippen molar-refractivity contribution in [2.45, 2.75) is 64.6 Å². The molecule has 8 atom stereocenters. The van der Waals surface area contributed by atoms with Crippen LogP contribution >= 0.6 is 0 Å². The molecule has 3 fully saturated rings. The molecule has 0 spiro atoms. The molecule has 4 rings (SSSR count). The Hall–Kier alpha value is -1.04. The number of aliphatic hydroxyl groups excluding tert-OH is 3. The van der Waals surface area contributed by atoms with Gasteiger partial charge in [0.1, 0.15) is 6.61 Å². The van der Waals surface area contributed by atoms with Crippen molar-refractivity contribution in [1.82, 2.24) is 0 Å². The normalized spacial score (nSPS) is 50.5. The third-order valence-electron chi connectivity index (χ3n) is 8.55. The van der Waals surface area contributed by atoms with Gasteiger partial charge in [-0.25, -0.2) is 0 Å². The molecule has 5 heteroatoms. The monoisotopic (exact) mass is 362 g/mol. The minimum Gasteiger partial charge on any atom is -0.393 e. The second kappa shape index (κ2) is 5.98. The summed E-state index contributed by atoms with van der Waals surface area (Å²) in [4.78, 5) is 24.2. The fourth-order valence-electron chi connectivity index (χ4n) is 7.36. The van der Waals surface area contributed by atoms with Crippen LogP contribution in [0.4, 0.5) is 0 Å². The van der Waals surface area contributed by atoms with Crippen molar-refractivity contribution in [1.29, 1.82) is 0 Å². The molecule has 0 amide bonds. The first-order chi connectivity index (χ1) is 12.2. The van der Waals surface area contributed by atoms with Crippen LogP contribution in [0, 0.1) is 34.5 Å². The van der Waals surface area contributed by atoms with Crippen LogP contribution in [0.2, 0.25) is 0 Å². The SMILES string of the molecule is C[C@]12CC(O)[C@H]3[C@@H](CCC4=CC(=O)CC(O)[C@@]43C)[C@@H]1CC[C@@H]2C(=O)CO. The number of hydrogen-bond donors (Lipinski definition) is 3. The Balaban J connectivity index is 1.73. The lowest BCUT2D eigenvalue weighted by Gasteiger charge is -2.60. The number of Topliss-reactive ketones (excluding diaryl/α,β-unsaturated/α-hetero) is 1. The summed E-state index contributed by atoms with van der Waals surface area (Å²) in [6, 6.07) is 0. The highest BCUT2D eigenvalue weighted by atomic mass is 16.3. The average Bonchev–Trinajstić information content (AvgIpc) is 2.92. The summed E-state index contributed by atoms with van der Waals surface area (Å²) in [5.74, 6) is 0.173. The van der Waals surface area contributed by atoms with E-state index in [9.17, 15) is 24.9 Å². The van der Waals surface area contributed by atoms with Crippen molar-refractivity contribution in [2.75, 3.05) is 6.61 Å². The summed E-state index contributed by atoms with van der Waals surface area (Å²) >= 11 is 0. The first-order valence-corrected chi connectivity index (χ1v) is 9.97. The average molecular weight is 362 g/mol. The number of carbonyl (C=O) groups excluding carboxylic acids is 2. The summed E-state index contributed by atoms with van der Waals surface area (Å²) < 4.78 is 0. The quantitative estimate of drug-likeness (QED) is 0.694. The lowest BCUT2D eigenvalue weighted by Crippen LogP contribution is -2.60. The summed E-state index contributed by atoms with van der Waals surface area (Å²) in [5, 5.41) is 31.4. The molecule has 0 heterocycles. The Morgan fingerprint density at radius 3 is 2.65 bits per heavy atom. The Morgan fingerprint density at radius 2 is 1.96 bits per heavy atom. The van der Waals surface area contributed by atoms with Crippen LogP contribution in [-0.4, -0.2) is 45.7 Å². The number of fused-ring (bicyclic) bond motifs is 5. The van der Waals surface area contributed by atoms with E-state index in [2.05, 4.69) is 6.92 Å². The highest BCUT2D eigenvalue weighted by Crippen LogP contribution is 2.66. The molecule has 3 saturated carbocycles. The first kappa shape index (κ1) is 18.3. The van der Waals surface area contributed by atoms with Crippen molar-refractivity contribution in [2.24, 2.45) is 34.5 Å². The molecule has 0 radical (unpaired) electrons. The van der Waals surface area contributed by atoms with Crippen molar-refractivity contribution >= 4 is 11.6 Å². The van der Waals surface area contributed by atoms with Gasteiger partial charge in [0.2, 0.25) is 0 Å². The smallest absolute Gasteiger partial charge is 0.161 e. The fourth-order valence-corrected chi connectivity index (χ4v) is 7.36. The van der Waals surface area contributed by atoms with Gasteiger partial charge in [0.05, 0.1) is 12.2 Å². The zero-order valence-corrected chi connectivity index (χ0v) is 15.6. The molecule has 144 valence electrons. The molecule has 26 heavy (non-hydrogen) atoms. The van der Waals surface area contributed by atoms with Gasteiger partial charge >= 0.3 is 0 Å². The van der Waals surface area contributed by atoms with Gasteiger partial charge in [-0.2, -0.15) is 0 Å². The van der Waals surface area contributed by atoms with E-state index in [0.29, 0.717) is 12.3 Å². The van der Waals surface area contributed by atoms with E-state index in [4.69, 9.17) is 0 Å². The molecule has 2 unspecified atom stereocenters. The fraction of sp³-hybridized carbons (Fsp3) is 0.810. The van der Waals surface area contributed by atoms with Crippen molar-refractivity contribution < 1.29 is 24.9 Å². The van der Waals surface area contributed by atoms with Gasteiger partial charge < -0.3 is 15.3 Å². The van der Waals surface area contributed by atoms with Gasteiger partial charge in [-0.15, -0.1) is 0 Å². The van der Waals surface area contributed by atoms with Crippen LogP contribution < -0.4 is 0 Å². The molecular weight excluding hydrogens is 332 g/mol. The van der Waals surface area contributed by atoms with Gasteiger partial charge in [-0.3, -0.25) is 9.59 Å². The predicted octanol–water partition coefficient (Wildman–Crippen LogP) is 1.64. The lowest BCUT2D eigenvalue weighted by atomic mass is 9.45. The second-order valence-corrected chi connectivity index (χ2v) is 9.50. The second-order valence-electron chi connectivity index (χ2n) is 9.50. The largest absolute Gasteiger partial charge is 0.393 e. The minimum absolute atomic E-state index is 0.0203. The number of carbonyl (C=O) groups is 2. The molecule has 0 aromatic heterocycles. The third kappa shape index (κ3) is 2.26. The maximum Gasteiger partial charge on any atom is 0.161 e. The zero-order chi connectivity index (χ0) is 18.9.